The summed E-state index contributed by atoms with van der Waals surface area (Å²) in [6.07, 6.45) is 10.8. The molecule has 1 aromatic rings. The molecule has 1 unspecified atom stereocenters. The number of nitrogen functional groups attached to an aromatic ring is 1. The standard InChI is InChI=1S/C24H24FN5O2S.C6H14.C4H10.C2H6.CH4O/c1-3-17(25)22-19(13(8-26)23(27)33-22)12(2)18-16-11-32-10-15(16)14-9-28-24(29-20(14)21(18)31)30-6-4-5-7-30;1-4-5-6(2)3;1-3-4-2;2*1-2/h3,9,20,31H,2,4-7,10-11,27H2,1H3,(H,28,29);6H,4-5H2,1-3H3;3-4H2,1-2H3;1-2H3;2H,1H3/b17-3+;;;;. The number of rotatable bonds is 6. The van der Waals surface area contributed by atoms with E-state index < -0.39 is 11.9 Å². The quantitative estimate of drug-likeness (QED) is 0.238. The second kappa shape index (κ2) is 21.5. The third-order valence-electron chi connectivity index (χ3n) is 7.82. The number of fused-ring (bicyclic) bond motifs is 2. The lowest BCUT2D eigenvalue weighted by Gasteiger charge is -2.32. The second-order valence-corrected chi connectivity index (χ2v) is 12.5. The van der Waals surface area contributed by atoms with Crippen molar-refractivity contribution in [3.05, 3.63) is 62.9 Å². The number of allylic oxidation sites excluding steroid dienone is 2. The van der Waals surface area contributed by atoms with Crippen LogP contribution in [-0.2, 0) is 4.74 Å². The molecule has 4 heterocycles. The first kappa shape index (κ1) is 41.6. The Labute approximate surface area is 286 Å². The minimum Gasteiger partial charge on any atom is -0.509 e. The van der Waals surface area contributed by atoms with Gasteiger partial charge in [-0.1, -0.05) is 86.8 Å². The number of anilines is 1. The van der Waals surface area contributed by atoms with E-state index in [-0.39, 0.29) is 27.8 Å². The molecule has 0 bridgehead atoms. The Morgan fingerprint density at radius 1 is 1.19 bits per heavy atom. The SMILES string of the molecule is C=C(C1=C(O)C2N=C(N3CCCC3)NC=C2C2=C1COC2)c1c(/C(F)=C\C)sc(N)c1C#N.CC.CCCC.CCCC(C)C.CO. The van der Waals surface area contributed by atoms with E-state index in [0.717, 1.165) is 73.0 Å². The topological polar surface area (TPSA) is 127 Å². The van der Waals surface area contributed by atoms with Crippen molar-refractivity contribution in [3.8, 4) is 6.07 Å². The van der Waals surface area contributed by atoms with E-state index in [1.807, 2.05) is 20.0 Å². The smallest absolute Gasteiger partial charge is 0.199 e. The average Bonchev–Trinajstić information content (AvgIpc) is 3.87. The van der Waals surface area contributed by atoms with Crippen molar-refractivity contribution in [1.82, 2.24) is 10.2 Å². The normalized spacial score (nSPS) is 18.0. The number of aliphatic hydroxyl groups excluding tert-OH is 2. The highest BCUT2D eigenvalue weighted by atomic mass is 32.1. The lowest BCUT2D eigenvalue weighted by molar-refractivity contribution is 0.206. The number of hydrogen-bond acceptors (Lipinski definition) is 9. The fraction of sp³-hybridized carbons (Fsp3) is 0.568. The first-order valence-electron chi connectivity index (χ1n) is 17.0. The Morgan fingerprint density at radius 3 is 2.28 bits per heavy atom. The number of likely N-dealkylation sites (tertiary alicyclic amines) is 1. The molecule has 1 aliphatic carbocycles. The molecule has 5 N–H and O–H groups in total. The van der Waals surface area contributed by atoms with Crippen LogP contribution in [0.3, 0.4) is 0 Å². The van der Waals surface area contributed by atoms with Gasteiger partial charge in [0.05, 0.1) is 23.7 Å². The molecule has 4 aliphatic rings. The van der Waals surface area contributed by atoms with Crippen LogP contribution in [0, 0.1) is 17.2 Å². The molecule has 1 aromatic heterocycles. The fourth-order valence-electron chi connectivity index (χ4n) is 5.40. The predicted molar refractivity (Wildman–Crippen MR) is 198 cm³/mol. The molecular weight excluding hydrogens is 614 g/mol. The molecule has 262 valence electrons. The molecular formula is C37H58FN5O3S. The van der Waals surface area contributed by atoms with Gasteiger partial charge in [0.25, 0.3) is 0 Å². The lowest BCUT2D eigenvalue weighted by Crippen LogP contribution is -2.42. The Kier molecular flexibility index (Phi) is 19.0. The molecule has 0 radical (unpaired) electrons. The molecule has 5 rings (SSSR count). The van der Waals surface area contributed by atoms with Gasteiger partial charge in [0, 0.05) is 43.1 Å². The van der Waals surface area contributed by atoms with E-state index in [1.54, 1.807) is 6.92 Å². The van der Waals surface area contributed by atoms with Crippen LogP contribution in [0.5, 0.6) is 0 Å². The van der Waals surface area contributed by atoms with Crippen molar-refractivity contribution in [2.24, 2.45) is 10.9 Å². The van der Waals surface area contributed by atoms with Gasteiger partial charge in [-0.05, 0) is 42.4 Å². The number of nitrogens with two attached hydrogens (primary N) is 1. The number of guanidine groups is 1. The highest BCUT2D eigenvalue weighted by Gasteiger charge is 2.40. The molecule has 0 amide bonds. The van der Waals surface area contributed by atoms with Crippen molar-refractivity contribution in [2.75, 3.05) is 39.1 Å². The van der Waals surface area contributed by atoms with Crippen molar-refractivity contribution in [3.63, 3.8) is 0 Å². The second-order valence-electron chi connectivity index (χ2n) is 11.5. The summed E-state index contributed by atoms with van der Waals surface area (Å²) in [5.74, 6) is 1.15. The van der Waals surface area contributed by atoms with E-state index in [9.17, 15) is 14.8 Å². The maximum Gasteiger partial charge on any atom is 0.199 e. The summed E-state index contributed by atoms with van der Waals surface area (Å²) in [4.78, 5) is 7.22. The zero-order valence-electron chi connectivity index (χ0n) is 30.1. The summed E-state index contributed by atoms with van der Waals surface area (Å²) in [5.41, 5.74) is 9.88. The van der Waals surface area contributed by atoms with Crippen LogP contribution in [0.25, 0.3) is 11.4 Å². The Morgan fingerprint density at radius 2 is 1.79 bits per heavy atom. The van der Waals surface area contributed by atoms with Gasteiger partial charge < -0.3 is 30.9 Å². The van der Waals surface area contributed by atoms with E-state index in [0.29, 0.717) is 23.3 Å². The van der Waals surface area contributed by atoms with Crippen LogP contribution in [0.1, 0.15) is 110 Å². The number of halogens is 1. The molecule has 1 atom stereocenters. The molecule has 8 nitrogen and oxygen atoms in total. The van der Waals surface area contributed by atoms with Gasteiger partial charge in [0.15, 0.2) is 5.96 Å². The van der Waals surface area contributed by atoms with Gasteiger partial charge in [-0.2, -0.15) is 5.26 Å². The highest BCUT2D eigenvalue weighted by molar-refractivity contribution is 7.17. The Hall–Kier alpha value is -3.39. The largest absolute Gasteiger partial charge is 0.509 e. The van der Waals surface area contributed by atoms with Gasteiger partial charge in [-0.15, -0.1) is 11.3 Å². The first-order valence-corrected chi connectivity index (χ1v) is 17.8. The summed E-state index contributed by atoms with van der Waals surface area (Å²) < 4.78 is 20.5. The zero-order chi connectivity index (χ0) is 35.7. The summed E-state index contributed by atoms with van der Waals surface area (Å²) in [7, 11) is 1.00. The van der Waals surface area contributed by atoms with Crippen LogP contribution in [-0.4, -0.2) is 60.5 Å². The maximum atomic E-state index is 14.7. The predicted octanol–water partition coefficient (Wildman–Crippen LogP) is 8.89. The van der Waals surface area contributed by atoms with Crippen LogP contribution in [0.2, 0.25) is 0 Å². The van der Waals surface area contributed by atoms with Crippen LogP contribution in [0.15, 0.2) is 51.9 Å². The molecule has 0 aromatic carbocycles. The number of unbranched alkanes of at least 4 members (excludes halogenated alkanes) is 1. The molecule has 1 saturated heterocycles. The van der Waals surface area contributed by atoms with Crippen molar-refractivity contribution >= 4 is 33.7 Å². The molecule has 47 heavy (non-hydrogen) atoms. The van der Waals surface area contributed by atoms with Crippen LogP contribution >= 0.6 is 11.3 Å². The third kappa shape index (κ3) is 10.3. The van der Waals surface area contributed by atoms with Gasteiger partial charge in [-0.25, -0.2) is 9.38 Å². The number of ether oxygens (including phenoxy) is 1. The molecule has 10 heteroatoms. The van der Waals surface area contributed by atoms with Gasteiger partial charge >= 0.3 is 0 Å². The number of nitrogens with one attached hydrogen (secondary N) is 1. The van der Waals surface area contributed by atoms with E-state index >= 15 is 0 Å². The van der Waals surface area contributed by atoms with Crippen LogP contribution < -0.4 is 11.1 Å². The highest BCUT2D eigenvalue weighted by Crippen LogP contribution is 2.48. The summed E-state index contributed by atoms with van der Waals surface area (Å²) in [5, 5.41) is 31.7. The number of aliphatic hydroxyl groups is 2. The van der Waals surface area contributed by atoms with Gasteiger partial charge in [0.1, 0.15) is 28.7 Å². The minimum atomic E-state index is -0.620. The third-order valence-corrected chi connectivity index (χ3v) is 8.85. The van der Waals surface area contributed by atoms with Crippen molar-refractivity contribution in [2.45, 2.75) is 100.0 Å². The zero-order valence-corrected chi connectivity index (χ0v) is 30.9. The molecule has 0 saturated carbocycles. The monoisotopic (exact) mass is 671 g/mol. The number of hydrogen-bond donors (Lipinski definition) is 4. The average molecular weight is 672 g/mol. The van der Waals surface area contributed by atoms with Gasteiger partial charge in [0.2, 0.25) is 0 Å². The maximum absolute atomic E-state index is 14.7. The van der Waals surface area contributed by atoms with Crippen molar-refractivity contribution in [1.29, 1.82) is 5.26 Å². The Balaban J connectivity index is 0.000000677. The fourth-order valence-corrected chi connectivity index (χ4v) is 6.41. The molecule has 0 spiro atoms. The summed E-state index contributed by atoms with van der Waals surface area (Å²) >= 11 is 1.00. The molecule has 1 fully saturated rings. The first-order chi connectivity index (χ1) is 22.6. The number of nitrogens with zero attached hydrogens (tertiary/aromatic N) is 3. The summed E-state index contributed by atoms with van der Waals surface area (Å²) in [6, 6.07) is 1.46. The minimum absolute atomic E-state index is 0.0224. The van der Waals surface area contributed by atoms with Crippen LogP contribution in [0.4, 0.5) is 9.39 Å². The lowest BCUT2D eigenvalue weighted by atomic mass is 9.79. The van der Waals surface area contributed by atoms with Crippen molar-refractivity contribution < 1.29 is 19.3 Å². The summed E-state index contributed by atoms with van der Waals surface area (Å²) in [6.45, 7) is 23.3. The number of aliphatic imine (C=N–C) groups is 1. The van der Waals surface area contributed by atoms with E-state index in [2.05, 4.69) is 57.5 Å². The number of nitriles is 1. The van der Waals surface area contributed by atoms with Gasteiger partial charge in [-0.3, -0.25) is 0 Å². The van der Waals surface area contributed by atoms with E-state index in [1.165, 1.54) is 31.8 Å². The number of thiophene rings is 1. The molecule has 3 aliphatic heterocycles. The Bertz CT molecular complexity index is 1370. The van der Waals surface area contributed by atoms with E-state index in [4.69, 9.17) is 20.6 Å².